The zero-order chi connectivity index (χ0) is 38.1. The molecule has 53 heavy (non-hydrogen) atoms. The van der Waals surface area contributed by atoms with Gasteiger partial charge in [-0.05, 0) is 173 Å². The molecule has 2 aliphatic heterocycles. The largest absolute Gasteiger partial charge is 0.507 e. The van der Waals surface area contributed by atoms with Crippen LogP contribution in [0.3, 0.4) is 0 Å². The first kappa shape index (κ1) is 38.7. The Morgan fingerprint density at radius 2 is 0.962 bits per heavy atom. The van der Waals surface area contributed by atoms with Gasteiger partial charge in [-0.1, -0.05) is 36.4 Å². The number of rotatable bonds is 12. The van der Waals surface area contributed by atoms with Gasteiger partial charge < -0.3 is 34.6 Å². The maximum Gasteiger partial charge on any atom is 0.126 e. The molecule has 6 rings (SSSR count). The van der Waals surface area contributed by atoms with Crippen LogP contribution in [0.5, 0.6) is 23.0 Å². The molecule has 4 N–H and O–H groups in total. The highest BCUT2D eigenvalue weighted by molar-refractivity contribution is 5.60. The van der Waals surface area contributed by atoms with Gasteiger partial charge in [-0.25, -0.2) is 0 Å². The lowest BCUT2D eigenvalue weighted by atomic mass is 9.80. The third-order valence-corrected chi connectivity index (χ3v) is 12.2. The Morgan fingerprint density at radius 3 is 1.34 bits per heavy atom. The number of phenols is 2. The van der Waals surface area contributed by atoms with Crippen LogP contribution in [0, 0.1) is 41.5 Å². The molecule has 4 unspecified atom stereocenters. The van der Waals surface area contributed by atoms with Crippen LogP contribution in [0.1, 0.15) is 129 Å². The van der Waals surface area contributed by atoms with Crippen molar-refractivity contribution in [3.05, 3.63) is 114 Å². The molecular weight excluding hydrogens is 664 g/mol. The lowest BCUT2D eigenvalue weighted by Crippen LogP contribution is -2.25. The van der Waals surface area contributed by atoms with Crippen LogP contribution in [0.25, 0.3) is 0 Å². The van der Waals surface area contributed by atoms with E-state index in [0.717, 1.165) is 128 Å². The van der Waals surface area contributed by atoms with Crippen molar-refractivity contribution in [2.45, 2.75) is 144 Å². The van der Waals surface area contributed by atoms with Crippen molar-refractivity contribution in [3.8, 4) is 23.0 Å². The van der Waals surface area contributed by atoms with Crippen LogP contribution in [-0.2, 0) is 44.0 Å². The maximum absolute atomic E-state index is 10.9. The molecule has 0 aromatic heterocycles. The molecule has 0 aliphatic carbocycles. The molecular formula is C46H58O7. The first-order chi connectivity index (χ1) is 25.3. The number of benzene rings is 4. The van der Waals surface area contributed by atoms with Crippen LogP contribution < -0.4 is 9.47 Å². The Labute approximate surface area is 315 Å². The average molecular weight is 723 g/mol. The molecule has 0 saturated heterocycles. The van der Waals surface area contributed by atoms with Crippen molar-refractivity contribution in [3.63, 3.8) is 0 Å². The minimum Gasteiger partial charge on any atom is -0.507 e. The van der Waals surface area contributed by atoms with Gasteiger partial charge in [0.25, 0.3) is 0 Å². The molecule has 284 valence electrons. The number of aliphatic hydroxyl groups is 2. The number of aryl methyl sites for hydroxylation is 2. The smallest absolute Gasteiger partial charge is 0.126 e. The maximum atomic E-state index is 10.9. The molecule has 2 aliphatic rings. The van der Waals surface area contributed by atoms with Crippen LogP contribution in [-0.4, -0.2) is 32.6 Å². The monoisotopic (exact) mass is 722 g/mol. The minimum atomic E-state index is -0.0218. The van der Waals surface area contributed by atoms with E-state index in [9.17, 15) is 20.4 Å². The standard InChI is InChI=1S/C46H58O7/c1-25-17-37(41-31(7)43(49)27(3)29(5)45(41)52-25)15-13-35-19-33(21-47)9-11-39(35)23-51-24-40-12-10-34(22-48)20-36(40)14-16-38-18-26(2)53-46-30(6)28(4)44(50)32(8)42(38)46/h9-12,19-20,25-26,37-38,47-50H,13-18,21-24H2,1-8H3. The van der Waals surface area contributed by atoms with Gasteiger partial charge in [-0.2, -0.15) is 0 Å². The molecule has 0 spiro atoms. The Balaban J connectivity index is 1.18. The predicted octanol–water partition coefficient (Wildman–Crippen LogP) is 9.42. The lowest BCUT2D eigenvalue weighted by Gasteiger charge is -2.34. The quantitative estimate of drug-likeness (QED) is 0.115. The highest BCUT2D eigenvalue weighted by Crippen LogP contribution is 2.49. The molecule has 7 nitrogen and oxygen atoms in total. The summed E-state index contributed by atoms with van der Waals surface area (Å²) in [5, 5.41) is 41.9. The number of aliphatic hydroxyl groups excluding tert-OH is 2. The first-order valence-electron chi connectivity index (χ1n) is 19.3. The molecule has 4 aromatic rings. The van der Waals surface area contributed by atoms with Crippen molar-refractivity contribution < 1.29 is 34.6 Å². The fourth-order valence-electron chi connectivity index (χ4n) is 8.84. The second-order valence-electron chi connectivity index (χ2n) is 15.7. The molecule has 7 heteroatoms. The third kappa shape index (κ3) is 7.80. The Bertz CT molecular complexity index is 1840. The van der Waals surface area contributed by atoms with E-state index in [-0.39, 0.29) is 37.3 Å². The van der Waals surface area contributed by atoms with Crippen LogP contribution in [0.2, 0.25) is 0 Å². The lowest BCUT2D eigenvalue weighted by molar-refractivity contribution is 0.106. The summed E-state index contributed by atoms with van der Waals surface area (Å²) in [5.41, 5.74) is 14.1. The second kappa shape index (κ2) is 16.1. The highest BCUT2D eigenvalue weighted by atomic mass is 16.5. The first-order valence-corrected chi connectivity index (χ1v) is 19.3. The molecule has 0 radical (unpaired) electrons. The van der Waals surface area contributed by atoms with Crippen molar-refractivity contribution in [2.24, 2.45) is 0 Å². The summed E-state index contributed by atoms with van der Waals surface area (Å²) in [5.74, 6) is 3.05. The van der Waals surface area contributed by atoms with E-state index < -0.39 is 0 Å². The fourth-order valence-corrected chi connectivity index (χ4v) is 8.84. The van der Waals surface area contributed by atoms with E-state index in [1.54, 1.807) is 0 Å². The Kier molecular flexibility index (Phi) is 11.8. The van der Waals surface area contributed by atoms with Gasteiger partial charge in [0, 0.05) is 11.1 Å². The molecule has 0 bridgehead atoms. The third-order valence-electron chi connectivity index (χ3n) is 12.2. The summed E-state index contributed by atoms with van der Waals surface area (Å²) in [6.45, 7) is 17.0. The SMILES string of the molecule is Cc1c(C)c2c(c(C)c1O)C(CCc1cc(CO)ccc1COCc1ccc(CO)cc1CCC1CC(C)Oc3c(C)c(C)c(O)c(C)c31)CC(C)O2. The summed E-state index contributed by atoms with van der Waals surface area (Å²) < 4.78 is 19.1. The Morgan fingerprint density at radius 1 is 0.566 bits per heavy atom. The van der Waals surface area contributed by atoms with Gasteiger partial charge in [0.2, 0.25) is 0 Å². The number of phenolic OH excluding ortho intramolecular Hbond substituents is 2. The zero-order valence-electron chi connectivity index (χ0n) is 32.9. The van der Waals surface area contributed by atoms with Crippen molar-refractivity contribution >= 4 is 0 Å². The number of hydrogen-bond donors (Lipinski definition) is 4. The number of hydrogen-bond acceptors (Lipinski definition) is 7. The summed E-state index contributed by atoms with van der Waals surface area (Å²) >= 11 is 0. The summed E-state index contributed by atoms with van der Waals surface area (Å²) in [6, 6.07) is 12.3. The average Bonchev–Trinajstić information content (AvgIpc) is 3.15. The molecule has 4 aromatic carbocycles. The van der Waals surface area contributed by atoms with Gasteiger partial charge in [0.1, 0.15) is 23.0 Å². The van der Waals surface area contributed by atoms with Gasteiger partial charge in [-0.15, -0.1) is 0 Å². The zero-order valence-corrected chi connectivity index (χ0v) is 32.9. The van der Waals surface area contributed by atoms with E-state index in [0.29, 0.717) is 24.7 Å². The van der Waals surface area contributed by atoms with E-state index in [1.165, 1.54) is 0 Å². The van der Waals surface area contributed by atoms with E-state index in [1.807, 2.05) is 53.7 Å². The van der Waals surface area contributed by atoms with Crippen LogP contribution >= 0.6 is 0 Å². The summed E-state index contributed by atoms with van der Waals surface area (Å²) in [7, 11) is 0. The summed E-state index contributed by atoms with van der Waals surface area (Å²) in [6.07, 6.45) is 5.34. The molecule has 4 atom stereocenters. The number of ether oxygens (including phenoxy) is 3. The van der Waals surface area contributed by atoms with E-state index >= 15 is 0 Å². The van der Waals surface area contributed by atoms with Crippen molar-refractivity contribution in [1.82, 2.24) is 0 Å². The van der Waals surface area contributed by atoms with Gasteiger partial charge in [0.15, 0.2) is 0 Å². The molecule has 0 fully saturated rings. The topological polar surface area (TPSA) is 109 Å². The second-order valence-corrected chi connectivity index (χ2v) is 15.7. The van der Waals surface area contributed by atoms with E-state index in [4.69, 9.17) is 14.2 Å². The van der Waals surface area contributed by atoms with Crippen LogP contribution in [0.15, 0.2) is 36.4 Å². The van der Waals surface area contributed by atoms with Gasteiger partial charge in [0.05, 0.1) is 38.6 Å². The van der Waals surface area contributed by atoms with Gasteiger partial charge in [-0.3, -0.25) is 0 Å². The number of fused-ring (bicyclic) bond motifs is 2. The summed E-state index contributed by atoms with van der Waals surface area (Å²) in [4.78, 5) is 0. The molecule has 2 heterocycles. The molecule has 0 amide bonds. The van der Waals surface area contributed by atoms with E-state index in [2.05, 4.69) is 38.1 Å². The van der Waals surface area contributed by atoms with Crippen molar-refractivity contribution in [1.29, 1.82) is 0 Å². The Hall–Kier alpha value is -4.04. The minimum absolute atomic E-state index is 0.0218. The van der Waals surface area contributed by atoms with Gasteiger partial charge >= 0.3 is 0 Å². The number of aromatic hydroxyl groups is 2. The van der Waals surface area contributed by atoms with Crippen molar-refractivity contribution in [2.75, 3.05) is 0 Å². The normalized spacial score (nSPS) is 19.4. The fraction of sp³-hybridized carbons (Fsp3) is 0.478. The van der Waals surface area contributed by atoms with Crippen LogP contribution in [0.4, 0.5) is 0 Å². The molecule has 0 saturated carbocycles. The predicted molar refractivity (Wildman–Crippen MR) is 209 cm³/mol. The highest BCUT2D eigenvalue weighted by Gasteiger charge is 2.33.